The van der Waals surface area contributed by atoms with Crippen LogP contribution in [0.5, 0.6) is 5.75 Å². The summed E-state index contributed by atoms with van der Waals surface area (Å²) in [5.41, 5.74) is 7.14. The Hall–Kier alpha value is -2.33. The molecule has 0 spiro atoms. The third kappa shape index (κ3) is 4.57. The van der Waals surface area contributed by atoms with Gasteiger partial charge < -0.3 is 5.11 Å². The molecule has 23 heavy (non-hydrogen) atoms. The summed E-state index contributed by atoms with van der Waals surface area (Å²) in [7, 11) is 0. The molecular formula is C18H19ClN2O2. The minimum absolute atomic E-state index is 0.0158. The molecule has 0 heterocycles. The SMILES string of the molecule is C/C(=N/NC(=O)Cc1ccc(C)cc1C)c1ccc(O)c(Cl)c1. The predicted molar refractivity (Wildman–Crippen MR) is 93.1 cm³/mol. The highest BCUT2D eigenvalue weighted by molar-refractivity contribution is 6.32. The van der Waals surface area contributed by atoms with Gasteiger partial charge in [-0.1, -0.05) is 35.4 Å². The van der Waals surface area contributed by atoms with Gasteiger partial charge in [-0.3, -0.25) is 4.79 Å². The second kappa shape index (κ2) is 7.29. The third-order valence-electron chi connectivity index (χ3n) is 3.56. The topological polar surface area (TPSA) is 61.7 Å². The van der Waals surface area contributed by atoms with Gasteiger partial charge in [-0.15, -0.1) is 0 Å². The van der Waals surface area contributed by atoms with Gasteiger partial charge in [-0.2, -0.15) is 5.10 Å². The number of carbonyl (C=O) groups is 1. The first kappa shape index (κ1) is 17.0. The van der Waals surface area contributed by atoms with E-state index < -0.39 is 0 Å². The number of aromatic hydroxyl groups is 1. The third-order valence-corrected chi connectivity index (χ3v) is 3.87. The zero-order valence-corrected chi connectivity index (χ0v) is 14.1. The zero-order chi connectivity index (χ0) is 17.0. The first-order valence-corrected chi connectivity index (χ1v) is 7.63. The van der Waals surface area contributed by atoms with E-state index in [0.29, 0.717) is 5.71 Å². The molecule has 1 amide bonds. The lowest BCUT2D eigenvalue weighted by molar-refractivity contribution is -0.120. The summed E-state index contributed by atoms with van der Waals surface area (Å²) in [4.78, 5) is 12.0. The van der Waals surface area contributed by atoms with Gasteiger partial charge in [-0.25, -0.2) is 5.43 Å². The van der Waals surface area contributed by atoms with Crippen molar-refractivity contribution in [3.63, 3.8) is 0 Å². The van der Waals surface area contributed by atoms with Crippen LogP contribution in [0.4, 0.5) is 0 Å². The molecule has 4 nitrogen and oxygen atoms in total. The number of hydrazone groups is 1. The molecule has 0 aromatic heterocycles. The van der Waals surface area contributed by atoms with Crippen LogP contribution in [0.3, 0.4) is 0 Å². The Morgan fingerprint density at radius 1 is 1.22 bits per heavy atom. The number of aryl methyl sites for hydroxylation is 2. The molecule has 0 unspecified atom stereocenters. The fourth-order valence-corrected chi connectivity index (χ4v) is 2.38. The lowest BCUT2D eigenvalue weighted by Crippen LogP contribution is -2.21. The molecule has 5 heteroatoms. The number of rotatable bonds is 4. The van der Waals surface area contributed by atoms with Crippen LogP contribution in [0.2, 0.25) is 5.02 Å². The van der Waals surface area contributed by atoms with Crippen molar-refractivity contribution in [3.05, 3.63) is 63.7 Å². The van der Waals surface area contributed by atoms with Crippen molar-refractivity contribution in [2.45, 2.75) is 27.2 Å². The number of nitrogens with one attached hydrogen (secondary N) is 1. The normalized spacial score (nSPS) is 11.4. The summed E-state index contributed by atoms with van der Waals surface area (Å²) in [6.45, 7) is 5.77. The minimum atomic E-state index is -0.179. The van der Waals surface area contributed by atoms with Crippen LogP contribution in [-0.4, -0.2) is 16.7 Å². The van der Waals surface area contributed by atoms with Crippen LogP contribution in [0.15, 0.2) is 41.5 Å². The highest BCUT2D eigenvalue weighted by Crippen LogP contribution is 2.23. The number of amides is 1. The molecule has 2 N–H and O–H groups in total. The second-order valence-corrected chi connectivity index (χ2v) is 5.91. The number of phenols is 1. The molecule has 0 aliphatic heterocycles. The van der Waals surface area contributed by atoms with E-state index in [1.54, 1.807) is 19.1 Å². The quantitative estimate of drug-likeness (QED) is 0.662. The molecule has 0 aliphatic carbocycles. The fraction of sp³-hybridized carbons (Fsp3) is 0.222. The standard InChI is InChI=1S/C18H19ClN2O2/c1-11-4-5-14(12(2)8-11)10-18(23)21-20-13(3)15-6-7-17(22)16(19)9-15/h4-9,22H,10H2,1-3H3,(H,21,23)/b20-13-. The van der Waals surface area contributed by atoms with Gasteiger partial charge in [0.2, 0.25) is 5.91 Å². The van der Waals surface area contributed by atoms with Gasteiger partial charge in [0.25, 0.3) is 0 Å². The summed E-state index contributed by atoms with van der Waals surface area (Å²) in [6, 6.07) is 10.8. The Labute approximate surface area is 140 Å². The van der Waals surface area contributed by atoms with E-state index >= 15 is 0 Å². The number of hydrogen-bond donors (Lipinski definition) is 2. The number of halogens is 1. The molecule has 2 rings (SSSR count). The first-order chi connectivity index (χ1) is 10.9. The van der Waals surface area contributed by atoms with Crippen LogP contribution in [0.1, 0.15) is 29.2 Å². The molecular weight excluding hydrogens is 312 g/mol. The monoisotopic (exact) mass is 330 g/mol. The molecule has 0 atom stereocenters. The van der Waals surface area contributed by atoms with Crippen LogP contribution in [0.25, 0.3) is 0 Å². The maximum Gasteiger partial charge on any atom is 0.244 e. The van der Waals surface area contributed by atoms with Gasteiger partial charge in [-0.05, 0) is 55.7 Å². The van der Waals surface area contributed by atoms with Crippen molar-refractivity contribution in [2.24, 2.45) is 5.10 Å². The van der Waals surface area contributed by atoms with E-state index in [1.165, 1.54) is 11.6 Å². The van der Waals surface area contributed by atoms with Gasteiger partial charge in [0, 0.05) is 0 Å². The molecule has 0 saturated heterocycles. The van der Waals surface area contributed by atoms with Crippen molar-refractivity contribution < 1.29 is 9.90 Å². The van der Waals surface area contributed by atoms with Crippen LogP contribution in [0, 0.1) is 13.8 Å². The number of benzene rings is 2. The number of hydrogen-bond acceptors (Lipinski definition) is 3. The smallest absolute Gasteiger partial charge is 0.244 e. The van der Waals surface area contributed by atoms with Crippen LogP contribution < -0.4 is 5.43 Å². The molecule has 0 saturated carbocycles. The Morgan fingerprint density at radius 3 is 2.61 bits per heavy atom. The van der Waals surface area contributed by atoms with E-state index in [1.807, 2.05) is 26.0 Å². The van der Waals surface area contributed by atoms with E-state index in [4.69, 9.17) is 11.6 Å². The molecule has 0 radical (unpaired) electrons. The molecule has 2 aromatic rings. The first-order valence-electron chi connectivity index (χ1n) is 7.25. The number of carbonyl (C=O) groups excluding carboxylic acids is 1. The summed E-state index contributed by atoms with van der Waals surface area (Å²) >= 11 is 5.87. The lowest BCUT2D eigenvalue weighted by Gasteiger charge is -2.07. The van der Waals surface area contributed by atoms with Crippen molar-refractivity contribution in [1.29, 1.82) is 0 Å². The summed E-state index contributed by atoms with van der Waals surface area (Å²) in [5.74, 6) is -0.164. The number of phenolic OH excluding ortho intramolecular Hbond substituents is 1. The van der Waals surface area contributed by atoms with Crippen LogP contribution >= 0.6 is 11.6 Å². The second-order valence-electron chi connectivity index (χ2n) is 5.51. The minimum Gasteiger partial charge on any atom is -0.506 e. The van der Waals surface area contributed by atoms with Crippen molar-refractivity contribution in [2.75, 3.05) is 0 Å². The maximum absolute atomic E-state index is 12.0. The number of nitrogens with zero attached hydrogens (tertiary/aromatic N) is 1. The van der Waals surface area contributed by atoms with Gasteiger partial charge in [0.15, 0.2) is 0 Å². The molecule has 120 valence electrons. The molecule has 0 fully saturated rings. The lowest BCUT2D eigenvalue weighted by atomic mass is 10.0. The zero-order valence-electron chi connectivity index (χ0n) is 13.4. The Balaban J connectivity index is 2.03. The molecule has 0 bridgehead atoms. The van der Waals surface area contributed by atoms with E-state index in [0.717, 1.165) is 16.7 Å². The average Bonchev–Trinajstić information content (AvgIpc) is 2.50. The van der Waals surface area contributed by atoms with Gasteiger partial charge in [0.05, 0.1) is 17.2 Å². The Kier molecular flexibility index (Phi) is 5.40. The van der Waals surface area contributed by atoms with Crippen molar-refractivity contribution in [3.8, 4) is 5.75 Å². The average molecular weight is 331 g/mol. The maximum atomic E-state index is 12.0. The van der Waals surface area contributed by atoms with Crippen molar-refractivity contribution in [1.82, 2.24) is 5.43 Å². The highest BCUT2D eigenvalue weighted by Gasteiger charge is 2.07. The Morgan fingerprint density at radius 2 is 1.96 bits per heavy atom. The van der Waals surface area contributed by atoms with Crippen LogP contribution in [-0.2, 0) is 11.2 Å². The van der Waals surface area contributed by atoms with E-state index in [-0.39, 0.29) is 23.1 Å². The summed E-state index contributed by atoms with van der Waals surface area (Å²) in [5, 5.41) is 13.7. The molecule has 0 aliphatic rings. The summed E-state index contributed by atoms with van der Waals surface area (Å²) in [6.07, 6.45) is 0.277. The van der Waals surface area contributed by atoms with E-state index in [2.05, 4.69) is 16.6 Å². The van der Waals surface area contributed by atoms with Gasteiger partial charge >= 0.3 is 0 Å². The highest BCUT2D eigenvalue weighted by atomic mass is 35.5. The van der Waals surface area contributed by atoms with E-state index in [9.17, 15) is 9.90 Å². The predicted octanol–water partition coefficient (Wildman–Crippen LogP) is 3.75. The summed E-state index contributed by atoms with van der Waals surface area (Å²) < 4.78 is 0. The largest absolute Gasteiger partial charge is 0.506 e. The van der Waals surface area contributed by atoms with Crippen molar-refractivity contribution >= 4 is 23.2 Å². The molecule has 2 aromatic carbocycles. The fourth-order valence-electron chi connectivity index (χ4n) is 2.20. The van der Waals surface area contributed by atoms with Gasteiger partial charge in [0.1, 0.15) is 5.75 Å². The Bertz CT molecular complexity index is 770.